The summed E-state index contributed by atoms with van der Waals surface area (Å²) in [5.41, 5.74) is 7.43. The van der Waals surface area contributed by atoms with Crippen molar-refractivity contribution in [3.8, 4) is 11.1 Å². The van der Waals surface area contributed by atoms with E-state index in [1.165, 1.54) is 18.9 Å². The van der Waals surface area contributed by atoms with Crippen molar-refractivity contribution in [2.75, 3.05) is 5.73 Å². The van der Waals surface area contributed by atoms with Crippen molar-refractivity contribution in [2.24, 2.45) is 5.92 Å². The molecule has 19 heavy (non-hydrogen) atoms. The molecule has 0 saturated heterocycles. The van der Waals surface area contributed by atoms with E-state index in [-0.39, 0.29) is 16.8 Å². The Hall–Kier alpha value is -1.55. The highest BCUT2D eigenvalue weighted by Crippen LogP contribution is 2.46. The van der Waals surface area contributed by atoms with Crippen LogP contribution in [0.1, 0.15) is 31.4 Å². The standard InChI is InChI=1S/C14H14ClFN2O/c1-7(8-5-6-8)13-11(14(17)19-18-13)9-3-2-4-10(15)12(9)16/h2-4,7-8H,5-6,17H2,1H3. The summed E-state index contributed by atoms with van der Waals surface area (Å²) in [6.45, 7) is 2.07. The molecular formula is C14H14ClFN2O. The molecule has 1 fully saturated rings. The van der Waals surface area contributed by atoms with Gasteiger partial charge >= 0.3 is 0 Å². The number of hydrogen-bond acceptors (Lipinski definition) is 3. The van der Waals surface area contributed by atoms with Gasteiger partial charge in [-0.05, 0) is 24.8 Å². The minimum absolute atomic E-state index is 0.0723. The molecule has 100 valence electrons. The second kappa shape index (κ2) is 4.53. The number of hydrogen-bond donors (Lipinski definition) is 1. The lowest BCUT2D eigenvalue weighted by Gasteiger charge is -2.10. The van der Waals surface area contributed by atoms with E-state index >= 15 is 0 Å². The fourth-order valence-electron chi connectivity index (χ4n) is 2.41. The van der Waals surface area contributed by atoms with Crippen molar-refractivity contribution in [2.45, 2.75) is 25.7 Å². The first kappa shape index (κ1) is 12.5. The highest BCUT2D eigenvalue weighted by Gasteiger charge is 2.34. The van der Waals surface area contributed by atoms with Crippen molar-refractivity contribution in [1.29, 1.82) is 0 Å². The van der Waals surface area contributed by atoms with E-state index < -0.39 is 5.82 Å². The van der Waals surface area contributed by atoms with E-state index in [2.05, 4.69) is 12.1 Å². The quantitative estimate of drug-likeness (QED) is 0.915. The van der Waals surface area contributed by atoms with Gasteiger partial charge in [-0.15, -0.1) is 0 Å². The zero-order valence-corrected chi connectivity index (χ0v) is 11.2. The molecule has 1 aliphatic carbocycles. The van der Waals surface area contributed by atoms with Crippen molar-refractivity contribution in [1.82, 2.24) is 5.16 Å². The molecule has 2 N–H and O–H groups in total. The summed E-state index contributed by atoms with van der Waals surface area (Å²) < 4.78 is 19.2. The third kappa shape index (κ3) is 2.10. The van der Waals surface area contributed by atoms with Crippen molar-refractivity contribution in [3.63, 3.8) is 0 Å². The average Bonchev–Trinajstić information content (AvgIpc) is 3.16. The molecule has 5 heteroatoms. The SMILES string of the molecule is CC(c1noc(N)c1-c1cccc(Cl)c1F)C1CC1. The summed E-state index contributed by atoms with van der Waals surface area (Å²) in [5.74, 6) is 0.465. The minimum Gasteiger partial charge on any atom is -0.367 e. The molecule has 1 aliphatic rings. The number of nitrogens with two attached hydrogens (primary N) is 1. The molecule has 0 bridgehead atoms. The van der Waals surface area contributed by atoms with Gasteiger partial charge in [0.1, 0.15) is 5.82 Å². The van der Waals surface area contributed by atoms with Gasteiger partial charge in [0.2, 0.25) is 5.88 Å². The van der Waals surface area contributed by atoms with Gasteiger partial charge in [-0.25, -0.2) is 4.39 Å². The van der Waals surface area contributed by atoms with Crippen molar-refractivity contribution >= 4 is 17.5 Å². The molecule has 0 spiro atoms. The van der Waals surface area contributed by atoms with E-state index in [0.717, 1.165) is 5.69 Å². The van der Waals surface area contributed by atoms with Crippen LogP contribution in [-0.2, 0) is 0 Å². The normalized spacial score (nSPS) is 16.6. The van der Waals surface area contributed by atoms with Gasteiger partial charge in [-0.3, -0.25) is 0 Å². The van der Waals surface area contributed by atoms with Gasteiger partial charge in [-0.1, -0.05) is 35.8 Å². The first-order chi connectivity index (χ1) is 9.09. The Kier molecular flexibility index (Phi) is 2.97. The Balaban J connectivity index is 2.13. The van der Waals surface area contributed by atoms with Gasteiger partial charge < -0.3 is 10.3 Å². The number of aromatic nitrogens is 1. The summed E-state index contributed by atoms with van der Waals surface area (Å²) in [4.78, 5) is 0. The molecule has 1 atom stereocenters. The topological polar surface area (TPSA) is 52.0 Å². The van der Waals surface area contributed by atoms with Crippen LogP contribution in [0.15, 0.2) is 22.7 Å². The third-order valence-electron chi connectivity index (χ3n) is 3.73. The fraction of sp³-hybridized carbons (Fsp3) is 0.357. The first-order valence-electron chi connectivity index (χ1n) is 6.29. The maximum atomic E-state index is 14.1. The Morgan fingerprint density at radius 3 is 2.89 bits per heavy atom. The van der Waals surface area contributed by atoms with Crippen LogP contribution in [0, 0.1) is 11.7 Å². The molecule has 1 unspecified atom stereocenters. The number of benzene rings is 1. The summed E-state index contributed by atoms with van der Waals surface area (Å²) >= 11 is 5.82. The molecule has 1 heterocycles. The van der Waals surface area contributed by atoms with Crippen LogP contribution in [0.2, 0.25) is 5.02 Å². The molecule has 2 aromatic rings. The lowest BCUT2D eigenvalue weighted by molar-refractivity contribution is 0.417. The largest absolute Gasteiger partial charge is 0.367 e. The van der Waals surface area contributed by atoms with Gasteiger partial charge in [0.05, 0.1) is 16.3 Å². The Morgan fingerprint density at radius 1 is 1.47 bits per heavy atom. The number of nitrogen functional groups attached to an aromatic ring is 1. The molecule has 0 amide bonds. The Labute approximate surface area is 115 Å². The minimum atomic E-state index is -0.483. The zero-order valence-electron chi connectivity index (χ0n) is 10.5. The third-order valence-corrected chi connectivity index (χ3v) is 4.02. The fourth-order valence-corrected chi connectivity index (χ4v) is 2.59. The molecule has 3 rings (SSSR count). The van der Waals surface area contributed by atoms with Crippen LogP contribution in [-0.4, -0.2) is 5.16 Å². The lowest BCUT2D eigenvalue weighted by atomic mass is 9.94. The molecule has 3 nitrogen and oxygen atoms in total. The maximum absolute atomic E-state index is 14.1. The van der Waals surface area contributed by atoms with Crippen LogP contribution in [0.25, 0.3) is 11.1 Å². The maximum Gasteiger partial charge on any atom is 0.230 e. The highest BCUT2D eigenvalue weighted by molar-refractivity contribution is 6.31. The van der Waals surface area contributed by atoms with E-state index in [1.54, 1.807) is 12.1 Å². The number of rotatable bonds is 3. The van der Waals surface area contributed by atoms with Crippen LogP contribution in [0.4, 0.5) is 10.3 Å². The lowest BCUT2D eigenvalue weighted by Crippen LogP contribution is -2.00. The van der Waals surface area contributed by atoms with Gasteiger partial charge in [-0.2, -0.15) is 0 Å². The Bertz CT molecular complexity index is 622. The average molecular weight is 281 g/mol. The van der Waals surface area contributed by atoms with Crippen LogP contribution < -0.4 is 5.73 Å². The number of nitrogens with zero attached hydrogens (tertiary/aromatic N) is 1. The highest BCUT2D eigenvalue weighted by atomic mass is 35.5. The second-order valence-electron chi connectivity index (χ2n) is 5.03. The predicted molar refractivity (Wildman–Crippen MR) is 72.5 cm³/mol. The molecule has 1 aromatic heterocycles. The van der Waals surface area contributed by atoms with Gasteiger partial charge in [0, 0.05) is 11.5 Å². The number of halogens is 2. The van der Waals surface area contributed by atoms with E-state index in [0.29, 0.717) is 17.0 Å². The van der Waals surface area contributed by atoms with Crippen LogP contribution in [0.3, 0.4) is 0 Å². The number of anilines is 1. The first-order valence-corrected chi connectivity index (χ1v) is 6.66. The van der Waals surface area contributed by atoms with E-state index in [4.69, 9.17) is 21.9 Å². The molecule has 1 aromatic carbocycles. The molecular weight excluding hydrogens is 267 g/mol. The van der Waals surface area contributed by atoms with Gasteiger partial charge in [0.25, 0.3) is 0 Å². The summed E-state index contributed by atoms with van der Waals surface area (Å²) in [7, 11) is 0. The zero-order chi connectivity index (χ0) is 13.6. The predicted octanol–water partition coefficient (Wildman–Crippen LogP) is 4.23. The second-order valence-corrected chi connectivity index (χ2v) is 5.44. The van der Waals surface area contributed by atoms with E-state index in [9.17, 15) is 4.39 Å². The monoisotopic (exact) mass is 280 g/mol. The molecule has 0 radical (unpaired) electrons. The van der Waals surface area contributed by atoms with Crippen LogP contribution in [0.5, 0.6) is 0 Å². The van der Waals surface area contributed by atoms with Gasteiger partial charge in [0.15, 0.2) is 0 Å². The summed E-state index contributed by atoms with van der Waals surface area (Å²) in [6, 6.07) is 4.85. The smallest absolute Gasteiger partial charge is 0.230 e. The molecule has 1 saturated carbocycles. The van der Waals surface area contributed by atoms with E-state index in [1.807, 2.05) is 0 Å². The van der Waals surface area contributed by atoms with Crippen molar-refractivity contribution < 1.29 is 8.91 Å². The van der Waals surface area contributed by atoms with Crippen LogP contribution >= 0.6 is 11.6 Å². The van der Waals surface area contributed by atoms with Crippen molar-refractivity contribution in [3.05, 3.63) is 34.7 Å². The summed E-state index contributed by atoms with van der Waals surface area (Å²) in [6.07, 6.45) is 2.34. The molecule has 0 aliphatic heterocycles. The Morgan fingerprint density at radius 2 is 2.21 bits per heavy atom. The summed E-state index contributed by atoms with van der Waals surface area (Å²) in [5, 5.41) is 4.09.